The highest BCUT2D eigenvalue weighted by atomic mass is 16.5. The number of nitrogens with zero attached hydrogens (tertiary/aromatic N) is 1. The molecule has 0 aromatic carbocycles. The van der Waals surface area contributed by atoms with Gasteiger partial charge in [0, 0.05) is 32.7 Å². The smallest absolute Gasteiger partial charge is 0.222 e. The molecule has 0 aromatic rings. The fourth-order valence-corrected chi connectivity index (χ4v) is 1.54. The highest BCUT2D eigenvalue weighted by Gasteiger charge is 2.14. The van der Waals surface area contributed by atoms with E-state index in [1.165, 1.54) is 0 Å². The van der Waals surface area contributed by atoms with Crippen LogP contribution in [0.15, 0.2) is 0 Å². The third-order valence-corrected chi connectivity index (χ3v) is 2.37. The Hall–Kier alpha value is -0.610. The molecule has 82 valence electrons. The molecule has 1 amide bonds. The molecule has 1 N–H and O–H groups in total. The van der Waals surface area contributed by atoms with Gasteiger partial charge in [0.15, 0.2) is 0 Å². The zero-order valence-corrected chi connectivity index (χ0v) is 8.57. The van der Waals surface area contributed by atoms with E-state index in [0.29, 0.717) is 13.0 Å². The van der Waals surface area contributed by atoms with Crippen molar-refractivity contribution in [3.63, 3.8) is 0 Å². The van der Waals surface area contributed by atoms with E-state index in [0.717, 1.165) is 39.0 Å². The topological polar surface area (TPSA) is 49.8 Å². The van der Waals surface area contributed by atoms with E-state index in [1.54, 1.807) is 0 Å². The van der Waals surface area contributed by atoms with Crippen molar-refractivity contribution >= 4 is 5.91 Å². The Kier molecular flexibility index (Phi) is 5.56. The largest absolute Gasteiger partial charge is 0.396 e. The Morgan fingerprint density at radius 3 is 2.93 bits per heavy atom. The third-order valence-electron chi connectivity index (χ3n) is 2.37. The van der Waals surface area contributed by atoms with Gasteiger partial charge in [-0.1, -0.05) is 0 Å². The Labute approximate surface area is 84.8 Å². The maximum atomic E-state index is 11.6. The molecular weight excluding hydrogens is 182 g/mol. The van der Waals surface area contributed by atoms with Crippen LogP contribution in [-0.2, 0) is 9.53 Å². The van der Waals surface area contributed by atoms with Crippen LogP contribution in [0.25, 0.3) is 0 Å². The van der Waals surface area contributed by atoms with Crippen molar-refractivity contribution < 1.29 is 14.6 Å². The number of carbonyl (C=O) groups is 1. The lowest BCUT2D eigenvalue weighted by Crippen LogP contribution is -2.32. The van der Waals surface area contributed by atoms with Crippen LogP contribution >= 0.6 is 0 Å². The monoisotopic (exact) mass is 201 g/mol. The van der Waals surface area contributed by atoms with E-state index in [9.17, 15) is 4.79 Å². The predicted octanol–water partition coefficient (Wildman–Crippen LogP) is 0.398. The first-order chi connectivity index (χ1) is 6.84. The number of aliphatic hydroxyl groups excluding tert-OH is 1. The molecule has 1 aliphatic rings. The molecule has 4 heteroatoms. The van der Waals surface area contributed by atoms with Crippen LogP contribution in [0.4, 0.5) is 0 Å². The summed E-state index contributed by atoms with van der Waals surface area (Å²) in [7, 11) is 0. The van der Waals surface area contributed by atoms with Crippen molar-refractivity contribution in [2.75, 3.05) is 32.9 Å². The van der Waals surface area contributed by atoms with Crippen molar-refractivity contribution in [3.8, 4) is 0 Å². The molecule has 0 atom stereocenters. The normalized spacial score (nSPS) is 17.9. The summed E-state index contributed by atoms with van der Waals surface area (Å²) in [5.41, 5.74) is 0. The van der Waals surface area contributed by atoms with E-state index in [4.69, 9.17) is 9.84 Å². The summed E-state index contributed by atoms with van der Waals surface area (Å²) in [6.07, 6.45) is 3.00. The zero-order valence-electron chi connectivity index (χ0n) is 8.57. The van der Waals surface area contributed by atoms with Gasteiger partial charge in [-0.3, -0.25) is 4.79 Å². The Balaban J connectivity index is 2.20. The molecule has 0 spiro atoms. The lowest BCUT2D eigenvalue weighted by atomic mass is 10.2. The van der Waals surface area contributed by atoms with Gasteiger partial charge in [-0.05, 0) is 19.3 Å². The van der Waals surface area contributed by atoms with Crippen LogP contribution in [0.3, 0.4) is 0 Å². The minimum absolute atomic E-state index is 0.177. The first kappa shape index (κ1) is 11.5. The van der Waals surface area contributed by atoms with Gasteiger partial charge in [-0.25, -0.2) is 0 Å². The predicted molar refractivity (Wildman–Crippen MR) is 53.0 cm³/mol. The minimum Gasteiger partial charge on any atom is -0.396 e. The van der Waals surface area contributed by atoms with Gasteiger partial charge in [0.2, 0.25) is 5.91 Å². The average molecular weight is 201 g/mol. The fraction of sp³-hybridized carbons (Fsp3) is 0.900. The molecular formula is C10H19NO3. The number of amides is 1. The van der Waals surface area contributed by atoms with Crippen molar-refractivity contribution in [3.05, 3.63) is 0 Å². The fourth-order valence-electron chi connectivity index (χ4n) is 1.54. The molecule has 1 heterocycles. The molecule has 1 aliphatic heterocycles. The van der Waals surface area contributed by atoms with Gasteiger partial charge in [-0.15, -0.1) is 0 Å². The zero-order chi connectivity index (χ0) is 10.2. The maximum absolute atomic E-state index is 11.6. The van der Waals surface area contributed by atoms with E-state index in [-0.39, 0.29) is 12.5 Å². The van der Waals surface area contributed by atoms with Crippen molar-refractivity contribution in [2.45, 2.75) is 25.7 Å². The van der Waals surface area contributed by atoms with Gasteiger partial charge in [-0.2, -0.15) is 0 Å². The summed E-state index contributed by atoms with van der Waals surface area (Å²) in [5.74, 6) is 0.198. The van der Waals surface area contributed by atoms with Crippen molar-refractivity contribution in [1.29, 1.82) is 0 Å². The summed E-state index contributed by atoms with van der Waals surface area (Å²) >= 11 is 0. The molecule has 1 fully saturated rings. The molecule has 0 aliphatic carbocycles. The van der Waals surface area contributed by atoms with Crippen LogP contribution in [0.5, 0.6) is 0 Å². The average Bonchev–Trinajstić information content (AvgIpc) is 2.46. The molecule has 1 saturated heterocycles. The van der Waals surface area contributed by atoms with Crippen molar-refractivity contribution in [1.82, 2.24) is 4.90 Å². The lowest BCUT2D eigenvalue weighted by molar-refractivity contribution is -0.131. The van der Waals surface area contributed by atoms with E-state index in [1.807, 2.05) is 4.90 Å². The second kappa shape index (κ2) is 6.79. The van der Waals surface area contributed by atoms with Gasteiger partial charge in [0.25, 0.3) is 0 Å². The van der Waals surface area contributed by atoms with Gasteiger partial charge >= 0.3 is 0 Å². The third kappa shape index (κ3) is 4.07. The molecule has 0 radical (unpaired) electrons. The number of hydrogen-bond donors (Lipinski definition) is 1. The van der Waals surface area contributed by atoms with E-state index < -0.39 is 0 Å². The summed E-state index contributed by atoms with van der Waals surface area (Å²) in [6.45, 7) is 3.14. The Morgan fingerprint density at radius 1 is 1.29 bits per heavy atom. The molecule has 1 rings (SSSR count). The lowest BCUT2D eigenvalue weighted by Gasteiger charge is -2.19. The number of unbranched alkanes of at least 4 members (excludes halogenated alkanes) is 1. The molecule has 0 unspecified atom stereocenters. The van der Waals surface area contributed by atoms with Gasteiger partial charge < -0.3 is 14.7 Å². The van der Waals surface area contributed by atoms with Crippen LogP contribution < -0.4 is 0 Å². The van der Waals surface area contributed by atoms with E-state index >= 15 is 0 Å². The van der Waals surface area contributed by atoms with Crippen LogP contribution in [0, 0.1) is 0 Å². The maximum Gasteiger partial charge on any atom is 0.222 e. The summed E-state index contributed by atoms with van der Waals surface area (Å²) in [6, 6.07) is 0. The Bertz CT molecular complexity index is 165. The first-order valence-corrected chi connectivity index (χ1v) is 5.31. The highest BCUT2D eigenvalue weighted by molar-refractivity contribution is 5.76. The molecule has 4 nitrogen and oxygen atoms in total. The standard InChI is InChI=1S/C10H19NO3/c12-7-2-1-4-10(13)11-5-3-8-14-9-6-11/h12H,1-9H2. The second-order valence-electron chi connectivity index (χ2n) is 3.53. The van der Waals surface area contributed by atoms with Gasteiger partial charge in [0.05, 0.1) is 6.61 Å². The molecule has 14 heavy (non-hydrogen) atoms. The number of ether oxygens (including phenoxy) is 1. The summed E-state index contributed by atoms with van der Waals surface area (Å²) in [5, 5.41) is 8.59. The minimum atomic E-state index is 0.177. The van der Waals surface area contributed by atoms with Gasteiger partial charge in [0.1, 0.15) is 0 Å². The number of aliphatic hydroxyl groups is 1. The number of rotatable bonds is 4. The van der Waals surface area contributed by atoms with Crippen LogP contribution in [0.2, 0.25) is 0 Å². The molecule has 0 saturated carbocycles. The number of carbonyl (C=O) groups excluding carboxylic acids is 1. The highest BCUT2D eigenvalue weighted by Crippen LogP contribution is 2.04. The first-order valence-electron chi connectivity index (χ1n) is 5.31. The van der Waals surface area contributed by atoms with Crippen molar-refractivity contribution in [2.24, 2.45) is 0 Å². The number of hydrogen-bond acceptors (Lipinski definition) is 3. The summed E-state index contributed by atoms with van der Waals surface area (Å²) in [4.78, 5) is 13.5. The SMILES string of the molecule is O=C(CCCCO)N1CCCOCC1. The second-order valence-corrected chi connectivity index (χ2v) is 3.53. The molecule has 0 bridgehead atoms. The summed E-state index contributed by atoms with van der Waals surface area (Å²) < 4.78 is 5.27. The Morgan fingerprint density at radius 2 is 2.14 bits per heavy atom. The van der Waals surface area contributed by atoms with Crippen LogP contribution in [0.1, 0.15) is 25.7 Å². The van der Waals surface area contributed by atoms with E-state index in [2.05, 4.69) is 0 Å². The molecule has 0 aromatic heterocycles. The van der Waals surface area contributed by atoms with Crippen LogP contribution in [-0.4, -0.2) is 48.8 Å². The quantitative estimate of drug-likeness (QED) is 0.670.